The first-order chi connectivity index (χ1) is 10.2. The minimum Gasteiger partial charge on any atom is -0.390 e. The molecule has 0 spiro atoms. The maximum absolute atomic E-state index is 10.5. The molecule has 0 bridgehead atoms. The van der Waals surface area contributed by atoms with Crippen LogP contribution in [0.15, 0.2) is 54.6 Å². The van der Waals surface area contributed by atoms with Gasteiger partial charge in [-0.2, -0.15) is 0 Å². The summed E-state index contributed by atoms with van der Waals surface area (Å²) < 4.78 is 5.76. The highest BCUT2D eigenvalue weighted by atomic mass is 16.5. The van der Waals surface area contributed by atoms with E-state index in [-0.39, 0.29) is 6.10 Å². The summed E-state index contributed by atoms with van der Waals surface area (Å²) >= 11 is 0. The van der Waals surface area contributed by atoms with Crippen molar-refractivity contribution >= 4 is 0 Å². The monoisotopic (exact) mass is 284 g/mol. The zero-order valence-electron chi connectivity index (χ0n) is 12.8. The van der Waals surface area contributed by atoms with Gasteiger partial charge in [0.15, 0.2) is 0 Å². The Kier molecular flexibility index (Phi) is 5.97. The van der Waals surface area contributed by atoms with Crippen LogP contribution in [0.25, 0.3) is 0 Å². The van der Waals surface area contributed by atoms with E-state index in [4.69, 9.17) is 4.74 Å². The fourth-order valence-electron chi connectivity index (χ4n) is 2.51. The minimum atomic E-state index is -0.542. The molecule has 0 saturated heterocycles. The number of benzene rings is 2. The standard InChI is InChI=1S/C19H24O2/c1-3-15-10-12-16(13-11-15)14-18(20)19(21-4-2)17-8-6-5-7-9-17/h5-13,18-20H,3-4,14H2,1-2H3. The summed E-state index contributed by atoms with van der Waals surface area (Å²) in [7, 11) is 0. The van der Waals surface area contributed by atoms with E-state index in [1.54, 1.807) is 0 Å². The van der Waals surface area contributed by atoms with Crippen molar-refractivity contribution in [1.29, 1.82) is 0 Å². The molecule has 2 aromatic carbocycles. The first kappa shape index (κ1) is 15.7. The van der Waals surface area contributed by atoms with Gasteiger partial charge in [0.1, 0.15) is 6.10 Å². The molecule has 0 heterocycles. The van der Waals surface area contributed by atoms with Crippen molar-refractivity contribution in [3.63, 3.8) is 0 Å². The lowest BCUT2D eigenvalue weighted by molar-refractivity contribution is -0.0339. The quantitative estimate of drug-likeness (QED) is 0.834. The van der Waals surface area contributed by atoms with Crippen molar-refractivity contribution in [3.05, 3.63) is 71.3 Å². The van der Waals surface area contributed by atoms with Crippen LogP contribution in [0.2, 0.25) is 0 Å². The molecule has 2 aromatic rings. The molecular weight excluding hydrogens is 260 g/mol. The van der Waals surface area contributed by atoms with Crippen LogP contribution in [0.5, 0.6) is 0 Å². The van der Waals surface area contributed by atoms with Gasteiger partial charge in [-0.1, -0.05) is 61.5 Å². The zero-order chi connectivity index (χ0) is 15.1. The minimum absolute atomic E-state index is 0.276. The van der Waals surface area contributed by atoms with Crippen molar-refractivity contribution in [2.45, 2.75) is 38.9 Å². The first-order valence-electron chi connectivity index (χ1n) is 7.67. The van der Waals surface area contributed by atoms with Gasteiger partial charge in [0.05, 0.1) is 6.10 Å². The highest BCUT2D eigenvalue weighted by Gasteiger charge is 2.21. The number of aliphatic hydroxyl groups excluding tert-OH is 1. The molecule has 0 saturated carbocycles. The predicted molar refractivity (Wildman–Crippen MR) is 86.3 cm³/mol. The van der Waals surface area contributed by atoms with Gasteiger partial charge in [-0.05, 0) is 30.0 Å². The summed E-state index contributed by atoms with van der Waals surface area (Å²) in [5.74, 6) is 0. The summed E-state index contributed by atoms with van der Waals surface area (Å²) in [5, 5.41) is 10.5. The predicted octanol–water partition coefficient (Wildman–Crippen LogP) is 3.93. The molecule has 0 aliphatic rings. The van der Waals surface area contributed by atoms with E-state index in [9.17, 15) is 5.11 Å². The van der Waals surface area contributed by atoms with Crippen molar-refractivity contribution in [1.82, 2.24) is 0 Å². The van der Waals surface area contributed by atoms with Crippen LogP contribution in [0, 0.1) is 0 Å². The maximum Gasteiger partial charge on any atom is 0.109 e. The topological polar surface area (TPSA) is 29.5 Å². The Morgan fingerprint density at radius 3 is 2.10 bits per heavy atom. The number of rotatable bonds is 7. The average Bonchev–Trinajstić information content (AvgIpc) is 2.54. The Morgan fingerprint density at radius 2 is 1.52 bits per heavy atom. The van der Waals surface area contributed by atoms with Crippen LogP contribution in [0.1, 0.15) is 36.6 Å². The Hall–Kier alpha value is -1.64. The lowest BCUT2D eigenvalue weighted by Crippen LogP contribution is -2.23. The Labute approximate surface area is 127 Å². The van der Waals surface area contributed by atoms with Gasteiger partial charge in [-0.15, -0.1) is 0 Å². The molecule has 2 atom stereocenters. The number of aliphatic hydroxyl groups is 1. The van der Waals surface area contributed by atoms with Gasteiger partial charge in [0.2, 0.25) is 0 Å². The summed E-state index contributed by atoms with van der Waals surface area (Å²) in [4.78, 5) is 0. The summed E-state index contributed by atoms with van der Waals surface area (Å²) in [5.41, 5.74) is 3.48. The van der Waals surface area contributed by atoms with E-state index in [0.29, 0.717) is 13.0 Å². The fraction of sp³-hybridized carbons (Fsp3) is 0.368. The van der Waals surface area contributed by atoms with Gasteiger partial charge < -0.3 is 9.84 Å². The molecule has 2 heteroatoms. The van der Waals surface area contributed by atoms with Crippen molar-refractivity contribution in [2.75, 3.05) is 6.61 Å². The van der Waals surface area contributed by atoms with E-state index < -0.39 is 6.10 Å². The average molecular weight is 284 g/mol. The summed E-state index contributed by atoms with van der Waals surface area (Å²) in [6.07, 6.45) is 0.819. The SMILES string of the molecule is CCOC(c1ccccc1)C(O)Cc1ccc(CC)cc1. The molecule has 1 N–H and O–H groups in total. The lowest BCUT2D eigenvalue weighted by atomic mass is 9.97. The van der Waals surface area contributed by atoms with Gasteiger partial charge in [0, 0.05) is 13.0 Å². The lowest BCUT2D eigenvalue weighted by Gasteiger charge is -2.23. The Balaban J connectivity index is 2.09. The third-order valence-corrected chi connectivity index (χ3v) is 3.70. The summed E-state index contributed by atoms with van der Waals surface area (Å²) in [6, 6.07) is 18.4. The molecule has 0 aromatic heterocycles. The zero-order valence-corrected chi connectivity index (χ0v) is 12.8. The maximum atomic E-state index is 10.5. The van der Waals surface area contributed by atoms with Gasteiger partial charge in [-0.25, -0.2) is 0 Å². The van der Waals surface area contributed by atoms with E-state index >= 15 is 0 Å². The highest BCUT2D eigenvalue weighted by molar-refractivity contribution is 5.24. The van der Waals surface area contributed by atoms with Crippen LogP contribution in [0.4, 0.5) is 0 Å². The molecule has 0 fully saturated rings. The molecule has 0 radical (unpaired) electrons. The second kappa shape index (κ2) is 7.96. The Morgan fingerprint density at radius 1 is 0.905 bits per heavy atom. The number of hydrogen-bond donors (Lipinski definition) is 1. The molecular formula is C19H24O2. The van der Waals surface area contributed by atoms with E-state index in [1.165, 1.54) is 5.56 Å². The van der Waals surface area contributed by atoms with Crippen LogP contribution >= 0.6 is 0 Å². The molecule has 0 amide bonds. The third-order valence-electron chi connectivity index (χ3n) is 3.70. The van der Waals surface area contributed by atoms with Gasteiger partial charge in [0.25, 0.3) is 0 Å². The number of aryl methyl sites for hydroxylation is 1. The van der Waals surface area contributed by atoms with Crippen molar-refractivity contribution < 1.29 is 9.84 Å². The molecule has 0 aliphatic heterocycles. The third kappa shape index (κ3) is 4.42. The largest absolute Gasteiger partial charge is 0.390 e. The van der Waals surface area contributed by atoms with Crippen LogP contribution < -0.4 is 0 Å². The molecule has 2 rings (SSSR count). The molecule has 0 aliphatic carbocycles. The van der Waals surface area contributed by atoms with E-state index in [2.05, 4.69) is 31.2 Å². The molecule has 2 nitrogen and oxygen atoms in total. The Bertz CT molecular complexity index is 519. The van der Waals surface area contributed by atoms with Crippen molar-refractivity contribution in [2.24, 2.45) is 0 Å². The van der Waals surface area contributed by atoms with Crippen LogP contribution in [-0.2, 0) is 17.6 Å². The van der Waals surface area contributed by atoms with Crippen LogP contribution in [0.3, 0.4) is 0 Å². The number of ether oxygens (including phenoxy) is 1. The smallest absolute Gasteiger partial charge is 0.109 e. The molecule has 2 unspecified atom stereocenters. The van der Waals surface area contributed by atoms with E-state index in [1.807, 2.05) is 37.3 Å². The normalized spacial score (nSPS) is 13.9. The van der Waals surface area contributed by atoms with Crippen LogP contribution in [-0.4, -0.2) is 17.8 Å². The molecule has 112 valence electrons. The number of hydrogen-bond acceptors (Lipinski definition) is 2. The first-order valence-corrected chi connectivity index (χ1v) is 7.67. The fourth-order valence-corrected chi connectivity index (χ4v) is 2.51. The second-order valence-corrected chi connectivity index (χ2v) is 5.23. The van der Waals surface area contributed by atoms with Crippen molar-refractivity contribution in [3.8, 4) is 0 Å². The highest BCUT2D eigenvalue weighted by Crippen LogP contribution is 2.24. The summed E-state index contributed by atoms with van der Waals surface area (Å²) in [6.45, 7) is 4.69. The van der Waals surface area contributed by atoms with Gasteiger partial charge in [-0.3, -0.25) is 0 Å². The van der Waals surface area contributed by atoms with E-state index in [0.717, 1.165) is 17.5 Å². The molecule has 21 heavy (non-hydrogen) atoms. The van der Waals surface area contributed by atoms with Gasteiger partial charge >= 0.3 is 0 Å². The second-order valence-electron chi connectivity index (χ2n) is 5.23.